The van der Waals surface area contributed by atoms with E-state index in [0.717, 1.165) is 28.9 Å². The maximum Gasteiger partial charge on any atom is 0.291 e. The van der Waals surface area contributed by atoms with Gasteiger partial charge in [0.05, 0.1) is 12.2 Å². The third-order valence-corrected chi connectivity index (χ3v) is 4.84. The zero-order chi connectivity index (χ0) is 21.7. The Morgan fingerprint density at radius 3 is 2.50 bits per heavy atom. The van der Waals surface area contributed by atoms with Gasteiger partial charge in [0, 0.05) is 5.69 Å². The first-order valence-corrected chi connectivity index (χ1v) is 10.1. The number of para-hydroxylation sites is 2. The number of aryl methyl sites for hydroxylation is 2. The van der Waals surface area contributed by atoms with Gasteiger partial charge in [-0.3, -0.25) is 9.59 Å². The lowest BCUT2D eigenvalue weighted by Crippen LogP contribution is -2.33. The SMILES string of the molecule is CCc1ccccc1NC(=O)CNC(=O)c1nc(C)n(-c2ccccc2C(C)C)n1. The van der Waals surface area contributed by atoms with E-state index < -0.39 is 5.91 Å². The lowest BCUT2D eigenvalue weighted by atomic mass is 10.0. The Kier molecular flexibility index (Phi) is 6.61. The molecule has 0 aliphatic carbocycles. The molecule has 0 atom stereocenters. The lowest BCUT2D eigenvalue weighted by molar-refractivity contribution is -0.115. The number of amides is 2. The molecule has 0 saturated carbocycles. The predicted molar refractivity (Wildman–Crippen MR) is 117 cm³/mol. The molecular weight excluding hydrogens is 378 g/mol. The molecule has 1 aromatic heterocycles. The minimum absolute atomic E-state index is 0.0350. The van der Waals surface area contributed by atoms with Crippen molar-refractivity contribution in [2.24, 2.45) is 0 Å². The van der Waals surface area contributed by atoms with Crippen molar-refractivity contribution in [3.8, 4) is 5.69 Å². The minimum atomic E-state index is -0.488. The van der Waals surface area contributed by atoms with Crippen molar-refractivity contribution in [3.05, 3.63) is 71.3 Å². The average molecular weight is 406 g/mol. The van der Waals surface area contributed by atoms with Crippen molar-refractivity contribution in [1.82, 2.24) is 20.1 Å². The van der Waals surface area contributed by atoms with E-state index in [0.29, 0.717) is 11.7 Å². The standard InChI is InChI=1S/C23H27N5O2/c1-5-17-10-6-8-12-19(17)26-21(29)14-24-23(30)22-25-16(4)28(27-22)20-13-9-7-11-18(20)15(2)3/h6-13,15H,5,14H2,1-4H3,(H,24,30)(H,26,29). The predicted octanol–water partition coefficient (Wildman–Crippen LogP) is 3.63. The van der Waals surface area contributed by atoms with Crippen LogP contribution in [0.15, 0.2) is 48.5 Å². The molecule has 3 rings (SSSR count). The Balaban J connectivity index is 1.69. The summed E-state index contributed by atoms with van der Waals surface area (Å²) >= 11 is 0. The van der Waals surface area contributed by atoms with Crippen LogP contribution in [0, 0.1) is 6.92 Å². The van der Waals surface area contributed by atoms with Crippen LogP contribution in [0.1, 0.15) is 54.3 Å². The van der Waals surface area contributed by atoms with Gasteiger partial charge in [0.1, 0.15) is 5.82 Å². The molecule has 0 aliphatic heterocycles. The molecule has 30 heavy (non-hydrogen) atoms. The summed E-state index contributed by atoms with van der Waals surface area (Å²) in [6.45, 7) is 7.87. The van der Waals surface area contributed by atoms with Gasteiger partial charge in [-0.2, -0.15) is 0 Å². The molecule has 0 fully saturated rings. The Bertz CT molecular complexity index is 1060. The zero-order valence-electron chi connectivity index (χ0n) is 17.8. The number of hydrogen-bond acceptors (Lipinski definition) is 4. The van der Waals surface area contributed by atoms with E-state index in [-0.39, 0.29) is 18.3 Å². The van der Waals surface area contributed by atoms with E-state index in [1.165, 1.54) is 0 Å². The Labute approximate surface area is 176 Å². The summed E-state index contributed by atoms with van der Waals surface area (Å²) in [6, 6.07) is 15.5. The first kappa shape index (κ1) is 21.2. The highest BCUT2D eigenvalue weighted by Gasteiger charge is 2.18. The summed E-state index contributed by atoms with van der Waals surface area (Å²) in [5.74, 6) is 0.155. The Hall–Kier alpha value is -3.48. The molecule has 2 aromatic carbocycles. The third-order valence-electron chi connectivity index (χ3n) is 4.84. The number of aromatic nitrogens is 3. The first-order valence-electron chi connectivity index (χ1n) is 10.1. The van der Waals surface area contributed by atoms with Gasteiger partial charge in [-0.05, 0) is 42.5 Å². The number of carbonyl (C=O) groups excluding carboxylic acids is 2. The largest absolute Gasteiger partial charge is 0.340 e. The molecule has 3 aromatic rings. The summed E-state index contributed by atoms with van der Waals surface area (Å²) in [4.78, 5) is 29.1. The fraction of sp³-hybridized carbons (Fsp3) is 0.304. The number of benzene rings is 2. The average Bonchev–Trinajstić information content (AvgIpc) is 3.14. The van der Waals surface area contributed by atoms with Gasteiger partial charge < -0.3 is 10.6 Å². The van der Waals surface area contributed by atoms with Crippen LogP contribution in [0.4, 0.5) is 5.69 Å². The third kappa shape index (κ3) is 4.74. The molecule has 156 valence electrons. The van der Waals surface area contributed by atoms with Crippen molar-refractivity contribution in [2.45, 2.75) is 40.0 Å². The molecule has 7 nitrogen and oxygen atoms in total. The summed E-state index contributed by atoms with van der Waals surface area (Å²) in [5.41, 5.74) is 3.80. The first-order chi connectivity index (χ1) is 14.4. The van der Waals surface area contributed by atoms with Gasteiger partial charge in [0.2, 0.25) is 11.7 Å². The maximum atomic E-state index is 12.5. The summed E-state index contributed by atoms with van der Waals surface area (Å²) in [7, 11) is 0. The summed E-state index contributed by atoms with van der Waals surface area (Å²) in [6.07, 6.45) is 0.807. The molecule has 0 spiro atoms. The number of anilines is 1. The monoisotopic (exact) mass is 405 g/mol. The van der Waals surface area contributed by atoms with Crippen molar-refractivity contribution >= 4 is 17.5 Å². The number of nitrogens with one attached hydrogen (secondary N) is 2. The number of rotatable bonds is 7. The van der Waals surface area contributed by atoms with Crippen LogP contribution in [0.25, 0.3) is 5.69 Å². The normalized spacial score (nSPS) is 10.8. The minimum Gasteiger partial charge on any atom is -0.340 e. The highest BCUT2D eigenvalue weighted by Crippen LogP contribution is 2.23. The van der Waals surface area contributed by atoms with Gasteiger partial charge >= 0.3 is 0 Å². The van der Waals surface area contributed by atoms with Crippen molar-refractivity contribution in [3.63, 3.8) is 0 Å². The molecule has 1 heterocycles. The van der Waals surface area contributed by atoms with Crippen molar-refractivity contribution in [2.75, 3.05) is 11.9 Å². The fourth-order valence-electron chi connectivity index (χ4n) is 3.27. The van der Waals surface area contributed by atoms with E-state index in [4.69, 9.17) is 0 Å². The van der Waals surface area contributed by atoms with Crippen LogP contribution in [0.2, 0.25) is 0 Å². The molecule has 0 unspecified atom stereocenters. The Morgan fingerprint density at radius 2 is 1.77 bits per heavy atom. The summed E-state index contributed by atoms with van der Waals surface area (Å²) < 4.78 is 1.67. The van der Waals surface area contributed by atoms with Crippen LogP contribution < -0.4 is 10.6 Å². The molecular formula is C23H27N5O2. The number of carbonyl (C=O) groups is 2. The molecule has 0 aliphatic rings. The second-order valence-corrected chi connectivity index (χ2v) is 7.35. The highest BCUT2D eigenvalue weighted by molar-refractivity contribution is 5.98. The van der Waals surface area contributed by atoms with Gasteiger partial charge in [-0.15, -0.1) is 5.10 Å². The molecule has 0 saturated heterocycles. The number of nitrogens with zero attached hydrogens (tertiary/aromatic N) is 3. The van der Waals surface area contributed by atoms with Crippen LogP contribution in [-0.4, -0.2) is 33.1 Å². The molecule has 2 amide bonds. The van der Waals surface area contributed by atoms with Gasteiger partial charge in [0.15, 0.2) is 0 Å². The van der Waals surface area contributed by atoms with E-state index in [2.05, 4.69) is 34.6 Å². The van der Waals surface area contributed by atoms with E-state index >= 15 is 0 Å². The second kappa shape index (κ2) is 9.35. The van der Waals surface area contributed by atoms with Crippen LogP contribution >= 0.6 is 0 Å². The Morgan fingerprint density at radius 1 is 1.07 bits per heavy atom. The van der Waals surface area contributed by atoms with Crippen LogP contribution in [0.5, 0.6) is 0 Å². The van der Waals surface area contributed by atoms with Crippen LogP contribution in [0.3, 0.4) is 0 Å². The van der Waals surface area contributed by atoms with Crippen molar-refractivity contribution < 1.29 is 9.59 Å². The fourth-order valence-corrected chi connectivity index (χ4v) is 3.27. The lowest BCUT2D eigenvalue weighted by Gasteiger charge is -2.12. The second-order valence-electron chi connectivity index (χ2n) is 7.35. The van der Waals surface area contributed by atoms with Crippen molar-refractivity contribution in [1.29, 1.82) is 0 Å². The van der Waals surface area contributed by atoms with E-state index in [9.17, 15) is 9.59 Å². The number of hydrogen-bond donors (Lipinski definition) is 2. The molecule has 0 radical (unpaired) electrons. The van der Waals surface area contributed by atoms with Gasteiger partial charge in [0.25, 0.3) is 5.91 Å². The topological polar surface area (TPSA) is 88.9 Å². The maximum absolute atomic E-state index is 12.5. The zero-order valence-corrected chi connectivity index (χ0v) is 17.8. The molecule has 7 heteroatoms. The molecule has 2 N–H and O–H groups in total. The highest BCUT2D eigenvalue weighted by atomic mass is 16.2. The molecule has 0 bridgehead atoms. The summed E-state index contributed by atoms with van der Waals surface area (Å²) in [5, 5.41) is 9.80. The smallest absolute Gasteiger partial charge is 0.291 e. The van der Waals surface area contributed by atoms with Crippen LogP contribution in [-0.2, 0) is 11.2 Å². The quantitative estimate of drug-likeness (QED) is 0.628. The van der Waals surface area contributed by atoms with E-state index in [1.54, 1.807) is 11.6 Å². The van der Waals surface area contributed by atoms with Gasteiger partial charge in [-0.25, -0.2) is 9.67 Å². The van der Waals surface area contributed by atoms with E-state index in [1.807, 2.05) is 55.5 Å². The van der Waals surface area contributed by atoms with Gasteiger partial charge in [-0.1, -0.05) is 57.2 Å².